The molecule has 0 radical (unpaired) electrons. The van der Waals surface area contributed by atoms with Gasteiger partial charge >= 0.3 is 0 Å². The summed E-state index contributed by atoms with van der Waals surface area (Å²) in [6.45, 7) is 0. The molecule has 116 valence electrons. The number of allylic oxidation sites excluding steroid dienone is 3. The first-order valence-corrected chi connectivity index (χ1v) is 8.10. The molecule has 4 heteroatoms. The van der Waals surface area contributed by atoms with Gasteiger partial charge in [-0.3, -0.25) is 0 Å². The van der Waals surface area contributed by atoms with Gasteiger partial charge in [0.05, 0.1) is 5.69 Å². The quantitative estimate of drug-likeness (QED) is 0.790. The van der Waals surface area contributed by atoms with E-state index < -0.39 is 0 Å². The number of fused-ring (bicyclic) bond motifs is 2. The highest BCUT2D eigenvalue weighted by atomic mass is 14.9. The lowest BCUT2D eigenvalue weighted by Gasteiger charge is -2.17. The van der Waals surface area contributed by atoms with E-state index in [2.05, 4.69) is 22.1 Å². The van der Waals surface area contributed by atoms with Gasteiger partial charge in [0.25, 0.3) is 0 Å². The number of anilines is 2. The van der Waals surface area contributed by atoms with E-state index >= 15 is 0 Å². The molecule has 4 rings (SSSR count). The van der Waals surface area contributed by atoms with Gasteiger partial charge in [-0.2, -0.15) is 0 Å². The molecule has 0 saturated carbocycles. The van der Waals surface area contributed by atoms with Crippen LogP contribution in [-0.4, -0.2) is 9.97 Å². The van der Waals surface area contributed by atoms with Gasteiger partial charge in [0, 0.05) is 17.7 Å². The zero-order valence-corrected chi connectivity index (χ0v) is 13.0. The molecule has 4 nitrogen and oxygen atoms in total. The summed E-state index contributed by atoms with van der Waals surface area (Å²) in [5.41, 5.74) is 20.1. The van der Waals surface area contributed by atoms with E-state index in [1.165, 1.54) is 24.0 Å². The number of nitrogen functional groups attached to an aromatic ring is 2. The lowest BCUT2D eigenvalue weighted by atomic mass is 9.90. The maximum Gasteiger partial charge on any atom is 0.135 e. The van der Waals surface area contributed by atoms with Crippen molar-refractivity contribution in [2.75, 3.05) is 11.5 Å². The lowest BCUT2D eigenvalue weighted by Crippen LogP contribution is -2.07. The number of benzene rings is 1. The molecule has 2 aromatic rings. The van der Waals surface area contributed by atoms with E-state index in [-0.39, 0.29) is 0 Å². The Balaban J connectivity index is 2.04. The first-order chi connectivity index (χ1) is 11.2. The number of nitrogens with two attached hydrogens (primary N) is 2. The molecule has 4 N–H and O–H groups in total. The van der Waals surface area contributed by atoms with E-state index in [1.807, 2.05) is 18.2 Å². The van der Waals surface area contributed by atoms with Gasteiger partial charge in [0.1, 0.15) is 12.1 Å². The summed E-state index contributed by atoms with van der Waals surface area (Å²) in [6.07, 6.45) is 9.40. The first-order valence-electron chi connectivity index (χ1n) is 8.10. The van der Waals surface area contributed by atoms with Crippen molar-refractivity contribution in [2.45, 2.75) is 32.1 Å². The predicted octanol–water partition coefficient (Wildman–Crippen LogP) is 3.50. The largest absolute Gasteiger partial charge is 0.399 e. The van der Waals surface area contributed by atoms with Crippen LogP contribution in [0.1, 0.15) is 42.5 Å². The maximum atomic E-state index is 6.26. The van der Waals surface area contributed by atoms with Crippen molar-refractivity contribution in [3.05, 3.63) is 64.6 Å². The summed E-state index contributed by atoms with van der Waals surface area (Å²) in [7, 11) is 0. The van der Waals surface area contributed by atoms with Crippen LogP contribution >= 0.6 is 0 Å². The summed E-state index contributed by atoms with van der Waals surface area (Å²) in [5, 5.41) is 0. The molecule has 2 bridgehead atoms. The van der Waals surface area contributed by atoms with Gasteiger partial charge in [-0.05, 0) is 54.5 Å². The van der Waals surface area contributed by atoms with E-state index in [1.54, 1.807) is 6.33 Å². The van der Waals surface area contributed by atoms with Crippen molar-refractivity contribution in [2.24, 2.45) is 0 Å². The van der Waals surface area contributed by atoms with Crippen molar-refractivity contribution in [1.29, 1.82) is 0 Å². The van der Waals surface area contributed by atoms with E-state index in [9.17, 15) is 0 Å². The minimum Gasteiger partial charge on any atom is -0.399 e. The fourth-order valence-corrected chi connectivity index (χ4v) is 3.64. The highest BCUT2D eigenvalue weighted by Gasteiger charge is 2.24. The Kier molecular flexibility index (Phi) is 3.37. The molecule has 2 aliphatic carbocycles. The van der Waals surface area contributed by atoms with Crippen LogP contribution in [0.5, 0.6) is 0 Å². The average Bonchev–Trinajstić information content (AvgIpc) is 2.85. The van der Waals surface area contributed by atoms with Crippen LogP contribution < -0.4 is 11.5 Å². The normalized spacial score (nSPS) is 17.1. The van der Waals surface area contributed by atoms with Gasteiger partial charge in [-0.25, -0.2) is 9.97 Å². The molecule has 0 spiro atoms. The third-order valence-corrected chi connectivity index (χ3v) is 4.67. The van der Waals surface area contributed by atoms with Crippen molar-refractivity contribution in [3.63, 3.8) is 0 Å². The molecular weight excluding hydrogens is 284 g/mol. The number of aromatic nitrogens is 2. The van der Waals surface area contributed by atoms with Crippen molar-refractivity contribution in [3.8, 4) is 0 Å². The molecule has 23 heavy (non-hydrogen) atoms. The second-order valence-corrected chi connectivity index (χ2v) is 6.29. The minimum absolute atomic E-state index is 0.556. The summed E-state index contributed by atoms with van der Waals surface area (Å²) >= 11 is 0. The Morgan fingerprint density at radius 3 is 2.74 bits per heavy atom. The highest BCUT2D eigenvalue weighted by molar-refractivity contribution is 5.90. The molecule has 0 amide bonds. The zero-order valence-electron chi connectivity index (χ0n) is 13.0. The molecule has 0 saturated heterocycles. The third-order valence-electron chi connectivity index (χ3n) is 4.67. The van der Waals surface area contributed by atoms with Crippen LogP contribution in [0.3, 0.4) is 0 Å². The number of rotatable bonds is 1. The number of nitrogens with zero attached hydrogens (tertiary/aromatic N) is 2. The molecule has 0 atom stereocenters. The Bertz CT molecular complexity index is 833. The molecule has 1 aromatic carbocycles. The molecule has 0 aliphatic heterocycles. The third kappa shape index (κ3) is 2.50. The summed E-state index contributed by atoms with van der Waals surface area (Å²) in [5.74, 6) is 0.556. The van der Waals surface area contributed by atoms with Crippen LogP contribution in [0, 0.1) is 0 Å². The van der Waals surface area contributed by atoms with Gasteiger partial charge in [0.15, 0.2) is 0 Å². The standard InChI is InChI=1S/C19H20N4/c20-15-7-3-6-14(10-15)17-13-5-2-1-4-12(8-13)9-16-18(17)19(21)23-11-22-16/h3,6-8,10-11H,1-2,4-5,9,20H2,(H2,21,22,23). The molecule has 1 aromatic heterocycles. The van der Waals surface area contributed by atoms with Crippen LogP contribution in [0.2, 0.25) is 0 Å². The second-order valence-electron chi connectivity index (χ2n) is 6.29. The number of hydrogen-bond acceptors (Lipinski definition) is 4. The fourth-order valence-electron chi connectivity index (χ4n) is 3.64. The van der Waals surface area contributed by atoms with Crippen LogP contribution in [-0.2, 0) is 6.42 Å². The molecule has 2 aliphatic rings. The van der Waals surface area contributed by atoms with Crippen molar-refractivity contribution in [1.82, 2.24) is 9.97 Å². The van der Waals surface area contributed by atoms with Gasteiger partial charge in [0.2, 0.25) is 0 Å². The Morgan fingerprint density at radius 1 is 1.00 bits per heavy atom. The average molecular weight is 304 g/mol. The summed E-state index contributed by atoms with van der Waals surface area (Å²) in [6, 6.07) is 8.01. The lowest BCUT2D eigenvalue weighted by molar-refractivity contribution is 0.737. The molecule has 1 heterocycles. The summed E-state index contributed by atoms with van der Waals surface area (Å²) in [4.78, 5) is 8.78. The van der Waals surface area contributed by atoms with Crippen molar-refractivity contribution >= 4 is 17.1 Å². The highest BCUT2D eigenvalue weighted by Crippen LogP contribution is 2.40. The molecular formula is C19H20N4. The van der Waals surface area contributed by atoms with Crippen molar-refractivity contribution < 1.29 is 0 Å². The van der Waals surface area contributed by atoms with Crippen LogP contribution in [0.4, 0.5) is 11.5 Å². The SMILES string of the molecule is Nc1cccc(C2=C3C=C(CCCC3)Cc3ncnc(N)c32)c1. The van der Waals surface area contributed by atoms with Gasteiger partial charge in [-0.15, -0.1) is 0 Å². The first kappa shape index (κ1) is 14.0. The topological polar surface area (TPSA) is 77.8 Å². The van der Waals surface area contributed by atoms with Crippen LogP contribution in [0.15, 0.2) is 47.8 Å². The summed E-state index contributed by atoms with van der Waals surface area (Å²) < 4.78 is 0. The molecule has 0 unspecified atom stereocenters. The van der Waals surface area contributed by atoms with E-state index in [4.69, 9.17) is 11.5 Å². The van der Waals surface area contributed by atoms with E-state index in [0.29, 0.717) is 5.82 Å². The smallest absolute Gasteiger partial charge is 0.135 e. The van der Waals surface area contributed by atoms with Gasteiger partial charge < -0.3 is 11.5 Å². The fraction of sp³-hybridized carbons (Fsp3) is 0.263. The molecule has 0 fully saturated rings. The predicted molar refractivity (Wildman–Crippen MR) is 93.6 cm³/mol. The van der Waals surface area contributed by atoms with E-state index in [0.717, 1.165) is 47.3 Å². The maximum absolute atomic E-state index is 6.26. The minimum atomic E-state index is 0.556. The Hall–Kier alpha value is -2.62. The monoisotopic (exact) mass is 304 g/mol. The number of hydrogen-bond donors (Lipinski definition) is 2. The zero-order chi connectivity index (χ0) is 15.8. The Morgan fingerprint density at radius 2 is 1.87 bits per heavy atom. The van der Waals surface area contributed by atoms with Gasteiger partial charge in [-0.1, -0.05) is 23.8 Å². The Labute approximate surface area is 136 Å². The second kappa shape index (κ2) is 5.54. The van der Waals surface area contributed by atoms with Crippen LogP contribution in [0.25, 0.3) is 5.57 Å².